The Morgan fingerprint density at radius 1 is 0.490 bits per heavy atom. The molecule has 7 aromatic carbocycles. The zero-order valence-electron chi connectivity index (χ0n) is 28.0. The maximum Gasteiger partial charge on any atom is 0.0540 e. The van der Waals surface area contributed by atoms with Gasteiger partial charge in [-0.15, -0.1) is 0 Å². The van der Waals surface area contributed by atoms with Gasteiger partial charge in [0.25, 0.3) is 0 Å². The average Bonchev–Trinajstić information content (AvgIpc) is 3.38. The predicted octanol–water partition coefficient (Wildman–Crippen LogP) is 13.0. The number of fused-ring (bicyclic) bond motifs is 5. The van der Waals surface area contributed by atoms with Crippen molar-refractivity contribution in [1.29, 1.82) is 0 Å². The Morgan fingerprint density at radius 2 is 1.04 bits per heavy atom. The highest BCUT2D eigenvalue weighted by atomic mass is 15.1. The van der Waals surface area contributed by atoms with E-state index in [1.54, 1.807) is 0 Å². The van der Waals surface area contributed by atoms with E-state index in [0.717, 1.165) is 24.2 Å². The number of nitrogens with zero attached hydrogens (tertiary/aromatic N) is 2. The molecule has 0 spiro atoms. The number of anilines is 6. The zero-order chi connectivity index (χ0) is 33.0. The predicted molar refractivity (Wildman–Crippen MR) is 208 cm³/mol. The van der Waals surface area contributed by atoms with Gasteiger partial charge in [-0.2, -0.15) is 0 Å². The van der Waals surface area contributed by atoms with Gasteiger partial charge in [-0.05, 0) is 112 Å². The van der Waals surface area contributed by atoms with Crippen LogP contribution in [0.15, 0.2) is 164 Å². The minimum absolute atomic E-state index is 0.195. The van der Waals surface area contributed by atoms with Crippen LogP contribution in [-0.2, 0) is 11.8 Å². The van der Waals surface area contributed by atoms with Crippen LogP contribution in [0.2, 0.25) is 0 Å². The van der Waals surface area contributed by atoms with Crippen molar-refractivity contribution in [2.75, 3.05) is 9.80 Å². The first-order valence-corrected chi connectivity index (χ1v) is 17.3. The first-order chi connectivity index (χ1) is 24.1. The minimum atomic E-state index is -0.195. The standard InChI is InChI=1S/C47H38N2/c1-47(2)43-31-37(48(35-19-5-3-6-20-35)45-25-13-17-33-15-9-11-23-39(33)45)27-29-41(43)42-30-28-38(32-44(42)47)49(36-21-7-4-8-22-36)46-26-14-18-34-16-10-12-24-40(34)46/h3-11,13-23,25-32H,12,24H2,1-2H3. The van der Waals surface area contributed by atoms with Gasteiger partial charge in [0.15, 0.2) is 0 Å². The molecule has 9 rings (SSSR count). The van der Waals surface area contributed by atoms with Crippen LogP contribution in [0.25, 0.3) is 28.0 Å². The summed E-state index contributed by atoms with van der Waals surface area (Å²) < 4.78 is 0. The summed E-state index contributed by atoms with van der Waals surface area (Å²) in [5.41, 5.74) is 15.0. The first-order valence-electron chi connectivity index (χ1n) is 17.3. The van der Waals surface area contributed by atoms with Crippen LogP contribution in [0.4, 0.5) is 34.1 Å². The number of hydrogen-bond acceptors (Lipinski definition) is 2. The SMILES string of the molecule is CC1(C)c2cc(N(c3ccccc3)c3cccc4c3CCC=C4)ccc2-c2ccc(N(c3ccccc3)c3cccc4ccccc34)cc21. The molecule has 0 fully saturated rings. The van der Waals surface area contributed by atoms with Gasteiger partial charge in [-0.3, -0.25) is 0 Å². The first kappa shape index (κ1) is 29.3. The molecule has 49 heavy (non-hydrogen) atoms. The zero-order valence-corrected chi connectivity index (χ0v) is 28.0. The van der Waals surface area contributed by atoms with Gasteiger partial charge < -0.3 is 9.80 Å². The van der Waals surface area contributed by atoms with Crippen molar-refractivity contribution >= 4 is 51.0 Å². The molecule has 0 saturated carbocycles. The maximum atomic E-state index is 2.46. The van der Waals surface area contributed by atoms with E-state index in [4.69, 9.17) is 0 Å². The Bertz CT molecular complexity index is 2360. The normalized spacial score (nSPS) is 13.8. The lowest BCUT2D eigenvalue weighted by Gasteiger charge is -2.31. The van der Waals surface area contributed by atoms with E-state index in [2.05, 4.69) is 194 Å². The van der Waals surface area contributed by atoms with E-state index in [9.17, 15) is 0 Å². The molecule has 0 heterocycles. The quantitative estimate of drug-likeness (QED) is 0.180. The van der Waals surface area contributed by atoms with Crippen molar-refractivity contribution in [1.82, 2.24) is 0 Å². The molecule has 2 aliphatic carbocycles. The molecule has 236 valence electrons. The number of allylic oxidation sites excluding steroid dienone is 1. The molecule has 2 nitrogen and oxygen atoms in total. The molecule has 2 heteroatoms. The molecule has 0 N–H and O–H groups in total. The summed E-state index contributed by atoms with van der Waals surface area (Å²) in [5.74, 6) is 0. The Morgan fingerprint density at radius 3 is 1.71 bits per heavy atom. The fourth-order valence-electron chi connectivity index (χ4n) is 8.07. The number of rotatable bonds is 6. The fraction of sp³-hybridized carbons (Fsp3) is 0.106. The third-order valence-corrected chi connectivity index (χ3v) is 10.5. The van der Waals surface area contributed by atoms with Crippen LogP contribution in [-0.4, -0.2) is 0 Å². The molecule has 0 bridgehead atoms. The highest BCUT2D eigenvalue weighted by Gasteiger charge is 2.37. The van der Waals surface area contributed by atoms with Crippen molar-refractivity contribution in [3.63, 3.8) is 0 Å². The topological polar surface area (TPSA) is 6.48 Å². The summed E-state index contributed by atoms with van der Waals surface area (Å²) in [6.45, 7) is 4.77. The second kappa shape index (κ2) is 11.7. The van der Waals surface area contributed by atoms with Crippen molar-refractivity contribution in [3.05, 3.63) is 186 Å². The fourth-order valence-corrected chi connectivity index (χ4v) is 8.07. The lowest BCUT2D eigenvalue weighted by atomic mass is 9.82. The van der Waals surface area contributed by atoms with Crippen molar-refractivity contribution < 1.29 is 0 Å². The summed E-state index contributed by atoms with van der Waals surface area (Å²) >= 11 is 0. The second-order valence-electron chi connectivity index (χ2n) is 13.7. The summed E-state index contributed by atoms with van der Waals surface area (Å²) in [7, 11) is 0. The van der Waals surface area contributed by atoms with E-state index in [0.29, 0.717) is 0 Å². The minimum Gasteiger partial charge on any atom is -0.310 e. The van der Waals surface area contributed by atoms with Gasteiger partial charge in [0, 0.05) is 39.2 Å². The Hall–Kier alpha value is -5.86. The van der Waals surface area contributed by atoms with Crippen LogP contribution in [0, 0.1) is 0 Å². The van der Waals surface area contributed by atoms with Gasteiger partial charge in [0.1, 0.15) is 0 Å². The number of para-hydroxylation sites is 2. The van der Waals surface area contributed by atoms with Gasteiger partial charge in [0.05, 0.1) is 5.69 Å². The van der Waals surface area contributed by atoms with Crippen LogP contribution >= 0.6 is 0 Å². The summed E-state index contributed by atoms with van der Waals surface area (Å²) in [6.07, 6.45) is 6.69. The molecule has 7 aromatic rings. The Balaban J connectivity index is 1.18. The Kier molecular flexibility index (Phi) is 6.98. The third kappa shape index (κ3) is 4.86. The van der Waals surface area contributed by atoms with Gasteiger partial charge in [-0.25, -0.2) is 0 Å². The van der Waals surface area contributed by atoms with Gasteiger partial charge in [-0.1, -0.05) is 123 Å². The Labute approximate surface area is 289 Å². The monoisotopic (exact) mass is 630 g/mol. The van der Waals surface area contributed by atoms with Gasteiger partial charge in [0.2, 0.25) is 0 Å². The third-order valence-electron chi connectivity index (χ3n) is 10.5. The highest BCUT2D eigenvalue weighted by molar-refractivity contribution is 5.99. The summed E-state index contributed by atoms with van der Waals surface area (Å²) in [4.78, 5) is 4.87. The molecule has 0 unspecified atom stereocenters. The van der Waals surface area contributed by atoms with E-state index >= 15 is 0 Å². The van der Waals surface area contributed by atoms with Gasteiger partial charge >= 0.3 is 0 Å². The van der Waals surface area contributed by atoms with Crippen LogP contribution in [0.1, 0.15) is 42.5 Å². The molecule has 0 radical (unpaired) electrons. The molecule has 0 amide bonds. The molecule has 0 saturated heterocycles. The molecule has 0 aromatic heterocycles. The lowest BCUT2D eigenvalue weighted by Crippen LogP contribution is -2.18. The van der Waals surface area contributed by atoms with E-state index in [1.807, 2.05) is 0 Å². The average molecular weight is 631 g/mol. The van der Waals surface area contributed by atoms with Crippen molar-refractivity contribution in [3.8, 4) is 11.1 Å². The van der Waals surface area contributed by atoms with Crippen molar-refractivity contribution in [2.45, 2.75) is 32.1 Å². The summed E-state index contributed by atoms with van der Waals surface area (Å²) in [6, 6.07) is 57.8. The smallest absolute Gasteiger partial charge is 0.0540 e. The second-order valence-corrected chi connectivity index (χ2v) is 13.7. The number of benzene rings is 7. The molecule has 0 aliphatic heterocycles. The van der Waals surface area contributed by atoms with Crippen LogP contribution in [0.5, 0.6) is 0 Å². The van der Waals surface area contributed by atoms with E-state index in [-0.39, 0.29) is 5.41 Å². The molecular weight excluding hydrogens is 593 g/mol. The summed E-state index contributed by atoms with van der Waals surface area (Å²) in [5, 5.41) is 2.47. The largest absolute Gasteiger partial charge is 0.310 e. The highest BCUT2D eigenvalue weighted by Crippen LogP contribution is 2.53. The number of hydrogen-bond donors (Lipinski definition) is 0. The maximum absolute atomic E-state index is 2.46. The lowest BCUT2D eigenvalue weighted by molar-refractivity contribution is 0.660. The molecule has 2 aliphatic rings. The van der Waals surface area contributed by atoms with E-state index < -0.39 is 0 Å². The van der Waals surface area contributed by atoms with E-state index in [1.165, 1.54) is 66.9 Å². The van der Waals surface area contributed by atoms with Crippen LogP contribution < -0.4 is 9.80 Å². The molecule has 0 atom stereocenters. The van der Waals surface area contributed by atoms with Crippen LogP contribution in [0.3, 0.4) is 0 Å². The van der Waals surface area contributed by atoms with Crippen molar-refractivity contribution in [2.24, 2.45) is 0 Å². The molecular formula is C47H38N2.